The number of aryl methyl sites for hydroxylation is 1. The Balaban J connectivity index is 1.53. The zero-order chi connectivity index (χ0) is 17.9. The first-order valence-corrected chi connectivity index (χ1v) is 9.53. The smallest absolute Gasteiger partial charge is 0.320 e. The van der Waals surface area contributed by atoms with E-state index in [0.29, 0.717) is 41.5 Å². The third kappa shape index (κ3) is 3.85. The molecule has 2 aromatic rings. The molecule has 0 spiro atoms. The zero-order valence-corrected chi connectivity index (χ0v) is 15.3. The molecule has 1 saturated heterocycles. The summed E-state index contributed by atoms with van der Waals surface area (Å²) >= 11 is 0. The number of hydrogen-bond donors (Lipinski definition) is 1. The van der Waals surface area contributed by atoms with Gasteiger partial charge in [-0.25, -0.2) is 0 Å². The third-order valence-electron chi connectivity index (χ3n) is 5.30. The molecule has 0 bridgehead atoms. The fraction of sp³-hybridized carbons (Fsp3) is 0.722. The monoisotopic (exact) mass is 361 g/mol. The molecule has 1 saturated carbocycles. The minimum Gasteiger partial charge on any atom is -0.468 e. The highest BCUT2D eigenvalue weighted by atomic mass is 16.5. The van der Waals surface area contributed by atoms with E-state index in [1.54, 1.807) is 7.11 Å². The van der Waals surface area contributed by atoms with Crippen molar-refractivity contribution < 1.29 is 14.2 Å². The van der Waals surface area contributed by atoms with Crippen molar-refractivity contribution >= 4 is 17.0 Å². The molecule has 8 heteroatoms. The van der Waals surface area contributed by atoms with Gasteiger partial charge in [0.05, 0.1) is 13.7 Å². The molecule has 2 fully saturated rings. The van der Waals surface area contributed by atoms with Crippen LogP contribution in [0.25, 0.3) is 11.2 Å². The van der Waals surface area contributed by atoms with Crippen LogP contribution in [-0.4, -0.2) is 46.4 Å². The first-order chi connectivity index (χ1) is 12.7. The van der Waals surface area contributed by atoms with Crippen LogP contribution >= 0.6 is 0 Å². The molecule has 0 radical (unpaired) electrons. The van der Waals surface area contributed by atoms with Crippen LogP contribution in [0, 0.1) is 11.8 Å². The van der Waals surface area contributed by atoms with Gasteiger partial charge in [-0.15, -0.1) is 0 Å². The highest BCUT2D eigenvalue weighted by Crippen LogP contribution is 2.32. The van der Waals surface area contributed by atoms with Gasteiger partial charge in [0.1, 0.15) is 0 Å². The van der Waals surface area contributed by atoms with Gasteiger partial charge >= 0.3 is 6.01 Å². The molecule has 2 aromatic heterocycles. The Kier molecular flexibility index (Phi) is 5.10. The van der Waals surface area contributed by atoms with E-state index in [-0.39, 0.29) is 0 Å². The lowest BCUT2D eigenvalue weighted by molar-refractivity contribution is 0.0625. The van der Waals surface area contributed by atoms with Crippen molar-refractivity contribution in [3.8, 4) is 12.0 Å². The first-order valence-electron chi connectivity index (χ1n) is 9.53. The predicted octanol–water partition coefficient (Wildman–Crippen LogP) is 2.41. The number of nitrogens with zero attached hydrogens (tertiary/aromatic N) is 4. The number of nitrogen functional groups attached to an aromatic ring is 1. The minimum atomic E-state index is 0.325. The van der Waals surface area contributed by atoms with Crippen LogP contribution in [0.3, 0.4) is 0 Å². The number of aromatic nitrogens is 4. The highest BCUT2D eigenvalue weighted by Gasteiger charge is 2.22. The van der Waals surface area contributed by atoms with Crippen molar-refractivity contribution in [2.45, 2.75) is 45.1 Å². The Morgan fingerprint density at radius 3 is 2.58 bits per heavy atom. The van der Waals surface area contributed by atoms with E-state index in [1.807, 2.05) is 4.57 Å². The molecule has 142 valence electrons. The van der Waals surface area contributed by atoms with E-state index in [1.165, 1.54) is 12.8 Å². The average molecular weight is 361 g/mol. The second-order valence-electron chi connectivity index (χ2n) is 7.24. The maximum Gasteiger partial charge on any atom is 0.320 e. The lowest BCUT2D eigenvalue weighted by Crippen LogP contribution is -2.17. The molecule has 0 atom stereocenters. The summed E-state index contributed by atoms with van der Waals surface area (Å²) < 4.78 is 18.6. The maximum atomic E-state index is 6.10. The Labute approximate surface area is 153 Å². The van der Waals surface area contributed by atoms with Gasteiger partial charge < -0.3 is 19.9 Å². The SMILES string of the molecule is COc1nc2c(N)nc(OCCC3CC3)nc2n1CCC1CCOCC1. The fourth-order valence-corrected chi connectivity index (χ4v) is 3.47. The van der Waals surface area contributed by atoms with Gasteiger partial charge in [-0.3, -0.25) is 4.57 Å². The maximum absolute atomic E-state index is 6.10. The number of nitrogens with two attached hydrogens (primary N) is 1. The van der Waals surface area contributed by atoms with Gasteiger partial charge in [0.15, 0.2) is 17.0 Å². The van der Waals surface area contributed by atoms with Crippen LogP contribution in [0.2, 0.25) is 0 Å². The number of hydrogen-bond acceptors (Lipinski definition) is 7. The molecule has 26 heavy (non-hydrogen) atoms. The first kappa shape index (κ1) is 17.3. The van der Waals surface area contributed by atoms with E-state index in [0.717, 1.165) is 51.4 Å². The van der Waals surface area contributed by atoms with Gasteiger partial charge in [0, 0.05) is 19.8 Å². The van der Waals surface area contributed by atoms with E-state index < -0.39 is 0 Å². The van der Waals surface area contributed by atoms with Crippen molar-refractivity contribution in [1.82, 2.24) is 19.5 Å². The summed E-state index contributed by atoms with van der Waals surface area (Å²) in [6, 6.07) is 0.841. The van der Waals surface area contributed by atoms with Crippen molar-refractivity contribution in [3.63, 3.8) is 0 Å². The summed E-state index contributed by atoms with van der Waals surface area (Å²) in [5, 5.41) is 0. The standard InChI is InChI=1S/C18H27N5O3/c1-24-18-20-14-15(19)21-17(26-11-7-12-2-3-12)22-16(14)23(18)8-4-13-5-9-25-10-6-13/h12-13H,2-11H2,1H3,(H2,19,21,22). The Hall–Kier alpha value is -2.09. The molecular formula is C18H27N5O3. The molecule has 0 amide bonds. The summed E-state index contributed by atoms with van der Waals surface area (Å²) in [6.07, 6.45) is 6.90. The van der Waals surface area contributed by atoms with Gasteiger partial charge in [0.2, 0.25) is 0 Å². The molecule has 4 rings (SSSR count). The van der Waals surface area contributed by atoms with E-state index >= 15 is 0 Å². The van der Waals surface area contributed by atoms with Crippen LogP contribution < -0.4 is 15.2 Å². The fourth-order valence-electron chi connectivity index (χ4n) is 3.47. The largest absolute Gasteiger partial charge is 0.468 e. The van der Waals surface area contributed by atoms with E-state index in [4.69, 9.17) is 19.9 Å². The quantitative estimate of drug-likeness (QED) is 0.771. The average Bonchev–Trinajstić information content (AvgIpc) is 3.41. The van der Waals surface area contributed by atoms with E-state index in [2.05, 4.69) is 15.0 Å². The second-order valence-corrected chi connectivity index (χ2v) is 7.24. The van der Waals surface area contributed by atoms with Crippen molar-refractivity contribution in [1.29, 1.82) is 0 Å². The van der Waals surface area contributed by atoms with Crippen molar-refractivity contribution in [2.75, 3.05) is 32.7 Å². The van der Waals surface area contributed by atoms with Crippen LogP contribution in [-0.2, 0) is 11.3 Å². The molecule has 8 nitrogen and oxygen atoms in total. The summed E-state index contributed by atoms with van der Waals surface area (Å²) in [5.74, 6) is 1.79. The minimum absolute atomic E-state index is 0.325. The van der Waals surface area contributed by atoms with Crippen LogP contribution in [0.15, 0.2) is 0 Å². The Morgan fingerprint density at radius 2 is 1.85 bits per heavy atom. The Bertz CT molecular complexity index is 753. The van der Waals surface area contributed by atoms with Crippen LogP contribution in [0.5, 0.6) is 12.0 Å². The van der Waals surface area contributed by atoms with Crippen LogP contribution in [0.1, 0.15) is 38.5 Å². The summed E-state index contributed by atoms with van der Waals surface area (Å²) in [7, 11) is 1.61. The number of anilines is 1. The number of ether oxygens (including phenoxy) is 3. The lowest BCUT2D eigenvalue weighted by atomic mass is 9.97. The molecular weight excluding hydrogens is 334 g/mol. The van der Waals surface area contributed by atoms with Gasteiger partial charge in [-0.2, -0.15) is 15.0 Å². The molecule has 2 N–H and O–H groups in total. The number of fused-ring (bicyclic) bond motifs is 1. The third-order valence-corrected chi connectivity index (χ3v) is 5.30. The highest BCUT2D eigenvalue weighted by molar-refractivity contribution is 5.83. The molecule has 2 aliphatic rings. The predicted molar refractivity (Wildman–Crippen MR) is 97.3 cm³/mol. The zero-order valence-electron chi connectivity index (χ0n) is 15.3. The number of rotatable bonds is 8. The normalized spacial score (nSPS) is 18.3. The topological polar surface area (TPSA) is 97.3 Å². The summed E-state index contributed by atoms with van der Waals surface area (Å²) in [6.45, 7) is 3.10. The Morgan fingerprint density at radius 1 is 1.08 bits per heavy atom. The van der Waals surface area contributed by atoms with Gasteiger partial charge in [-0.1, -0.05) is 12.8 Å². The van der Waals surface area contributed by atoms with Crippen LogP contribution in [0.4, 0.5) is 5.82 Å². The summed E-state index contributed by atoms with van der Waals surface area (Å²) in [4.78, 5) is 13.3. The second kappa shape index (κ2) is 7.65. The van der Waals surface area contributed by atoms with Crippen molar-refractivity contribution in [2.24, 2.45) is 11.8 Å². The molecule has 0 unspecified atom stereocenters. The van der Waals surface area contributed by atoms with Gasteiger partial charge in [-0.05, 0) is 37.5 Å². The molecule has 0 aromatic carbocycles. The summed E-state index contributed by atoms with van der Waals surface area (Å²) in [5.41, 5.74) is 7.35. The lowest BCUT2D eigenvalue weighted by Gasteiger charge is -2.22. The number of imidazole rings is 1. The van der Waals surface area contributed by atoms with Crippen molar-refractivity contribution in [3.05, 3.63) is 0 Å². The van der Waals surface area contributed by atoms with E-state index in [9.17, 15) is 0 Å². The van der Waals surface area contributed by atoms with Gasteiger partial charge in [0.25, 0.3) is 6.01 Å². The molecule has 3 heterocycles. The molecule has 1 aliphatic heterocycles. The number of methoxy groups -OCH3 is 1. The molecule has 1 aliphatic carbocycles.